The van der Waals surface area contributed by atoms with E-state index in [9.17, 15) is 4.79 Å². The van der Waals surface area contributed by atoms with Crippen LogP contribution in [-0.4, -0.2) is 24.4 Å². The molecule has 0 saturated heterocycles. The third-order valence-corrected chi connectivity index (χ3v) is 3.60. The van der Waals surface area contributed by atoms with Crippen molar-refractivity contribution in [2.24, 2.45) is 0 Å². The molecule has 1 N–H and O–H groups in total. The summed E-state index contributed by atoms with van der Waals surface area (Å²) in [5, 5.41) is 3.09. The summed E-state index contributed by atoms with van der Waals surface area (Å²) in [5.74, 6) is 0.211. The molecule has 0 aromatic heterocycles. The van der Waals surface area contributed by atoms with Crippen LogP contribution in [0.5, 0.6) is 0 Å². The Morgan fingerprint density at radius 1 is 0.913 bits per heavy atom. The Hall–Kier alpha value is -1.84. The zero-order chi connectivity index (χ0) is 15.6. The Morgan fingerprint density at radius 3 is 1.83 bits per heavy atom. The van der Waals surface area contributed by atoms with Crippen molar-refractivity contribution in [3.8, 4) is 0 Å². The van der Waals surface area contributed by atoms with Gasteiger partial charge in [0.25, 0.3) is 0 Å². The molecule has 1 amide bonds. The van der Waals surface area contributed by atoms with Crippen molar-refractivity contribution >= 4 is 18.3 Å². The molecule has 0 atom stereocenters. The van der Waals surface area contributed by atoms with Gasteiger partial charge in [-0.2, -0.15) is 0 Å². The van der Waals surface area contributed by atoms with Crippen molar-refractivity contribution in [3.63, 3.8) is 0 Å². The lowest BCUT2D eigenvalue weighted by Crippen LogP contribution is -2.30. The van der Waals surface area contributed by atoms with Crippen LogP contribution in [0.1, 0.15) is 24.0 Å². The maximum Gasteiger partial charge on any atom is 0.223 e. The van der Waals surface area contributed by atoms with Gasteiger partial charge < -0.3 is 10.2 Å². The number of hydrogen-bond donors (Lipinski definition) is 1. The third-order valence-electron chi connectivity index (χ3n) is 3.60. The maximum atomic E-state index is 12.5. The van der Waals surface area contributed by atoms with Crippen molar-refractivity contribution in [1.82, 2.24) is 10.2 Å². The molecule has 2 aromatic carbocycles. The molecule has 0 heterocycles. The first-order valence-corrected chi connectivity index (χ1v) is 7.80. The first-order chi connectivity index (χ1) is 10.8. The standard InChI is InChI=1S/C19H24N2O.ClH/c1-20-14-8-13-19(22)21(15-17-9-4-2-5-10-17)16-18-11-6-3-7-12-18;/h2-7,9-12,20H,8,13-16H2,1H3;1H. The second-order valence-electron chi connectivity index (χ2n) is 5.43. The molecule has 0 unspecified atom stereocenters. The van der Waals surface area contributed by atoms with E-state index in [-0.39, 0.29) is 18.3 Å². The number of nitrogens with zero attached hydrogens (tertiary/aromatic N) is 1. The van der Waals surface area contributed by atoms with E-state index < -0.39 is 0 Å². The summed E-state index contributed by atoms with van der Waals surface area (Å²) in [6.07, 6.45) is 1.45. The zero-order valence-electron chi connectivity index (χ0n) is 13.6. The van der Waals surface area contributed by atoms with Gasteiger partial charge in [-0.3, -0.25) is 4.79 Å². The van der Waals surface area contributed by atoms with Gasteiger partial charge in [-0.15, -0.1) is 12.4 Å². The Morgan fingerprint density at radius 2 is 1.39 bits per heavy atom. The number of benzene rings is 2. The molecular formula is C19H25ClN2O. The molecule has 3 nitrogen and oxygen atoms in total. The molecule has 0 radical (unpaired) electrons. The minimum absolute atomic E-state index is 0. The smallest absolute Gasteiger partial charge is 0.223 e. The summed E-state index contributed by atoms with van der Waals surface area (Å²) < 4.78 is 0. The molecule has 2 aromatic rings. The van der Waals surface area contributed by atoms with Gasteiger partial charge >= 0.3 is 0 Å². The number of nitrogens with one attached hydrogen (secondary N) is 1. The van der Waals surface area contributed by atoms with Crippen LogP contribution in [0, 0.1) is 0 Å². The van der Waals surface area contributed by atoms with Gasteiger partial charge in [0.1, 0.15) is 0 Å². The van der Waals surface area contributed by atoms with Gasteiger partial charge in [0, 0.05) is 19.5 Å². The normalized spacial score (nSPS) is 9.96. The number of amides is 1. The van der Waals surface area contributed by atoms with E-state index in [1.807, 2.05) is 48.3 Å². The first kappa shape index (κ1) is 19.2. The van der Waals surface area contributed by atoms with E-state index >= 15 is 0 Å². The van der Waals surface area contributed by atoms with Crippen molar-refractivity contribution in [2.45, 2.75) is 25.9 Å². The fourth-order valence-corrected chi connectivity index (χ4v) is 2.41. The summed E-state index contributed by atoms with van der Waals surface area (Å²) in [7, 11) is 1.91. The Bertz CT molecular complexity index is 519. The average Bonchev–Trinajstić information content (AvgIpc) is 2.56. The van der Waals surface area contributed by atoms with Crippen molar-refractivity contribution < 1.29 is 4.79 Å². The van der Waals surface area contributed by atoms with E-state index in [0.717, 1.165) is 13.0 Å². The summed E-state index contributed by atoms with van der Waals surface area (Å²) in [5.41, 5.74) is 2.33. The fourth-order valence-electron chi connectivity index (χ4n) is 2.41. The molecule has 0 aliphatic carbocycles. The van der Waals surface area contributed by atoms with Gasteiger partial charge in [0.2, 0.25) is 5.91 Å². The Labute approximate surface area is 145 Å². The predicted octanol–water partition coefficient (Wildman–Crippen LogP) is 3.64. The molecule has 0 aliphatic heterocycles. The number of rotatable bonds is 8. The highest BCUT2D eigenvalue weighted by atomic mass is 35.5. The van der Waals surface area contributed by atoms with E-state index in [1.165, 1.54) is 11.1 Å². The number of carbonyl (C=O) groups excluding carboxylic acids is 1. The molecule has 4 heteroatoms. The number of hydrogen-bond acceptors (Lipinski definition) is 2. The molecule has 0 fully saturated rings. The van der Waals surface area contributed by atoms with E-state index in [0.29, 0.717) is 19.5 Å². The lowest BCUT2D eigenvalue weighted by atomic mass is 10.1. The quantitative estimate of drug-likeness (QED) is 0.749. The SMILES string of the molecule is CNCCCC(=O)N(Cc1ccccc1)Cc1ccccc1.Cl. The van der Waals surface area contributed by atoms with Crippen LogP contribution in [0.15, 0.2) is 60.7 Å². The fraction of sp³-hybridized carbons (Fsp3) is 0.316. The first-order valence-electron chi connectivity index (χ1n) is 7.80. The van der Waals surface area contributed by atoms with Crippen molar-refractivity contribution in [3.05, 3.63) is 71.8 Å². The van der Waals surface area contributed by atoms with Gasteiger partial charge in [-0.25, -0.2) is 0 Å². The van der Waals surface area contributed by atoms with Crippen molar-refractivity contribution in [1.29, 1.82) is 0 Å². The van der Waals surface area contributed by atoms with E-state index in [2.05, 4.69) is 29.6 Å². The van der Waals surface area contributed by atoms with Crippen LogP contribution < -0.4 is 5.32 Å². The van der Waals surface area contributed by atoms with Crippen LogP contribution in [-0.2, 0) is 17.9 Å². The van der Waals surface area contributed by atoms with Gasteiger partial charge in [-0.05, 0) is 31.1 Å². The zero-order valence-corrected chi connectivity index (χ0v) is 14.4. The van der Waals surface area contributed by atoms with E-state index in [1.54, 1.807) is 0 Å². The topological polar surface area (TPSA) is 32.3 Å². The second kappa shape index (κ2) is 10.8. The Balaban J connectivity index is 0.00000264. The highest BCUT2D eigenvalue weighted by Crippen LogP contribution is 2.12. The van der Waals surface area contributed by atoms with Crippen LogP contribution in [0.25, 0.3) is 0 Å². The average molecular weight is 333 g/mol. The van der Waals surface area contributed by atoms with Gasteiger partial charge in [0.15, 0.2) is 0 Å². The minimum Gasteiger partial charge on any atom is -0.334 e. The molecule has 0 spiro atoms. The van der Waals surface area contributed by atoms with E-state index in [4.69, 9.17) is 0 Å². The summed E-state index contributed by atoms with van der Waals surface area (Å²) in [4.78, 5) is 14.5. The maximum absolute atomic E-state index is 12.5. The molecule has 0 saturated carbocycles. The molecule has 2 rings (SSSR count). The molecule has 0 bridgehead atoms. The lowest BCUT2D eigenvalue weighted by Gasteiger charge is -2.23. The van der Waals surface area contributed by atoms with Gasteiger partial charge in [0.05, 0.1) is 0 Å². The minimum atomic E-state index is 0. The van der Waals surface area contributed by atoms with Crippen LogP contribution >= 0.6 is 12.4 Å². The second-order valence-corrected chi connectivity index (χ2v) is 5.43. The molecule has 124 valence electrons. The predicted molar refractivity (Wildman–Crippen MR) is 97.5 cm³/mol. The summed E-state index contributed by atoms with van der Waals surface area (Å²) >= 11 is 0. The van der Waals surface area contributed by atoms with Crippen LogP contribution in [0.4, 0.5) is 0 Å². The monoisotopic (exact) mass is 332 g/mol. The molecule has 23 heavy (non-hydrogen) atoms. The lowest BCUT2D eigenvalue weighted by molar-refractivity contribution is -0.132. The van der Waals surface area contributed by atoms with Crippen molar-refractivity contribution in [2.75, 3.05) is 13.6 Å². The van der Waals surface area contributed by atoms with Gasteiger partial charge in [-0.1, -0.05) is 60.7 Å². The highest BCUT2D eigenvalue weighted by molar-refractivity contribution is 5.85. The van der Waals surface area contributed by atoms with Crippen LogP contribution in [0.3, 0.4) is 0 Å². The number of halogens is 1. The largest absolute Gasteiger partial charge is 0.334 e. The highest BCUT2D eigenvalue weighted by Gasteiger charge is 2.14. The summed E-state index contributed by atoms with van der Waals surface area (Å²) in [6, 6.07) is 20.3. The molecule has 0 aliphatic rings. The molecular weight excluding hydrogens is 308 g/mol. The van der Waals surface area contributed by atoms with Crippen LogP contribution in [0.2, 0.25) is 0 Å². The third kappa shape index (κ3) is 6.85. The number of carbonyl (C=O) groups is 1. The summed E-state index contributed by atoms with van der Waals surface area (Å²) in [6.45, 7) is 2.19. The Kier molecular flexibility index (Phi) is 9.03.